The Balaban J connectivity index is 2.90. The van der Waals surface area contributed by atoms with Crippen LogP contribution in [0.15, 0.2) is 22.7 Å². The van der Waals surface area contributed by atoms with E-state index in [9.17, 15) is 26.3 Å². The highest BCUT2D eigenvalue weighted by molar-refractivity contribution is 9.10. The number of hydrogen-bond donors (Lipinski definition) is 0. The molecule has 9 heteroatoms. The van der Waals surface area contributed by atoms with Crippen molar-refractivity contribution < 1.29 is 35.8 Å². The normalized spacial score (nSPS) is 12.4. The molecule has 1 aromatic carbocycles. The Kier molecular flexibility index (Phi) is 4.36. The van der Waals surface area contributed by atoms with Gasteiger partial charge in [-0.05, 0) is 18.2 Å². The fraction of sp³-hybridized carbons (Fsp3) is 0.333. The summed E-state index contributed by atoms with van der Waals surface area (Å²) in [7, 11) is 0. The first kappa shape index (κ1) is 14.9. The molecule has 0 aliphatic rings. The van der Waals surface area contributed by atoms with Crippen LogP contribution in [0.3, 0.4) is 0 Å². The van der Waals surface area contributed by atoms with Crippen molar-refractivity contribution in [3.8, 4) is 11.5 Å². The minimum atomic E-state index is -5.01. The van der Waals surface area contributed by atoms with Crippen LogP contribution in [0.1, 0.15) is 0 Å². The summed E-state index contributed by atoms with van der Waals surface area (Å²) in [6.07, 6.45) is -9.66. The van der Waals surface area contributed by atoms with Gasteiger partial charge in [-0.1, -0.05) is 15.9 Å². The maximum Gasteiger partial charge on any atom is 0.573 e. The Morgan fingerprint density at radius 3 is 2.11 bits per heavy atom. The third kappa shape index (κ3) is 5.48. The van der Waals surface area contributed by atoms with Crippen molar-refractivity contribution in [3.63, 3.8) is 0 Å². The van der Waals surface area contributed by atoms with Crippen molar-refractivity contribution in [3.05, 3.63) is 22.7 Å². The minimum absolute atomic E-state index is 0.259. The SMILES string of the molecule is FC(F)(F)COc1cc(Br)ccc1OC(F)(F)F. The van der Waals surface area contributed by atoms with Gasteiger partial charge in [0.25, 0.3) is 0 Å². The van der Waals surface area contributed by atoms with Crippen LogP contribution >= 0.6 is 15.9 Å². The lowest BCUT2D eigenvalue weighted by Gasteiger charge is -2.15. The molecule has 18 heavy (non-hydrogen) atoms. The molecule has 0 N–H and O–H groups in total. The summed E-state index contributed by atoms with van der Waals surface area (Å²) in [6, 6.07) is 2.98. The van der Waals surface area contributed by atoms with Crippen LogP contribution in [0.5, 0.6) is 11.5 Å². The minimum Gasteiger partial charge on any atom is -0.480 e. The molecule has 0 amide bonds. The molecule has 0 saturated heterocycles. The molecule has 2 nitrogen and oxygen atoms in total. The predicted octanol–water partition coefficient (Wildman–Crippen LogP) is 4.29. The van der Waals surface area contributed by atoms with Gasteiger partial charge in [0.05, 0.1) is 0 Å². The van der Waals surface area contributed by atoms with Gasteiger partial charge in [0.1, 0.15) is 0 Å². The number of alkyl halides is 6. The Bertz CT molecular complexity index is 414. The molecule has 0 fully saturated rings. The summed E-state index contributed by atoms with van der Waals surface area (Å²) in [5, 5.41) is 0. The molecule has 0 spiro atoms. The molecule has 1 aromatic rings. The van der Waals surface area contributed by atoms with Gasteiger partial charge in [-0.15, -0.1) is 13.2 Å². The van der Waals surface area contributed by atoms with Crippen LogP contribution in [0.2, 0.25) is 0 Å². The fourth-order valence-corrected chi connectivity index (χ4v) is 1.30. The number of rotatable bonds is 3. The van der Waals surface area contributed by atoms with Gasteiger partial charge in [0.2, 0.25) is 0 Å². The first-order valence-electron chi connectivity index (χ1n) is 4.32. The first-order valence-corrected chi connectivity index (χ1v) is 5.11. The van der Waals surface area contributed by atoms with Crippen LogP contribution in [-0.2, 0) is 0 Å². The van der Waals surface area contributed by atoms with E-state index in [0.717, 1.165) is 12.1 Å². The molecule has 102 valence electrons. The van der Waals surface area contributed by atoms with Crippen molar-refractivity contribution in [1.82, 2.24) is 0 Å². The summed E-state index contributed by atoms with van der Waals surface area (Å²) < 4.78 is 79.7. The summed E-state index contributed by atoms with van der Waals surface area (Å²) in [5.41, 5.74) is 0. The second-order valence-electron chi connectivity index (χ2n) is 3.04. The molecule has 1 rings (SSSR count). The quantitative estimate of drug-likeness (QED) is 0.765. The molecule has 0 aliphatic heterocycles. The van der Waals surface area contributed by atoms with Gasteiger partial charge >= 0.3 is 12.5 Å². The maximum absolute atomic E-state index is 12.0. The first-order chi connectivity index (χ1) is 8.07. The van der Waals surface area contributed by atoms with E-state index in [1.54, 1.807) is 0 Å². The molecule has 0 aliphatic carbocycles. The average Bonchev–Trinajstić information content (AvgIpc) is 2.15. The molecule has 0 unspecified atom stereocenters. The van der Waals surface area contributed by atoms with Gasteiger partial charge in [-0.3, -0.25) is 0 Å². The molecule has 0 heterocycles. The van der Waals surface area contributed by atoms with E-state index in [-0.39, 0.29) is 4.47 Å². The van der Waals surface area contributed by atoms with E-state index in [4.69, 9.17) is 0 Å². The van der Waals surface area contributed by atoms with Crippen LogP contribution < -0.4 is 9.47 Å². The van der Waals surface area contributed by atoms with Crippen molar-refractivity contribution in [2.75, 3.05) is 6.61 Å². The molecule has 0 aromatic heterocycles. The molecule has 0 radical (unpaired) electrons. The van der Waals surface area contributed by atoms with Gasteiger partial charge in [0.15, 0.2) is 18.1 Å². The smallest absolute Gasteiger partial charge is 0.480 e. The highest BCUT2D eigenvalue weighted by Crippen LogP contribution is 2.35. The van der Waals surface area contributed by atoms with Crippen LogP contribution in [0, 0.1) is 0 Å². The van der Waals surface area contributed by atoms with Crippen LogP contribution in [0.25, 0.3) is 0 Å². The van der Waals surface area contributed by atoms with E-state index in [1.165, 1.54) is 6.07 Å². The zero-order valence-electron chi connectivity index (χ0n) is 8.40. The highest BCUT2D eigenvalue weighted by atomic mass is 79.9. The Labute approximate surface area is 106 Å². The summed E-state index contributed by atoms with van der Waals surface area (Å²) >= 11 is 2.90. The van der Waals surface area contributed by atoms with E-state index >= 15 is 0 Å². The van der Waals surface area contributed by atoms with Crippen molar-refractivity contribution in [1.29, 1.82) is 0 Å². The maximum atomic E-state index is 12.0. The van der Waals surface area contributed by atoms with E-state index < -0.39 is 30.6 Å². The largest absolute Gasteiger partial charge is 0.573 e. The summed E-state index contributed by atoms with van der Waals surface area (Å²) in [6.45, 7) is -1.71. The molecular formula is C9H5BrF6O2. The summed E-state index contributed by atoms with van der Waals surface area (Å²) in [4.78, 5) is 0. The fourth-order valence-electron chi connectivity index (χ4n) is 0.963. The highest BCUT2D eigenvalue weighted by Gasteiger charge is 2.34. The Hall–Kier alpha value is -1.12. The monoisotopic (exact) mass is 338 g/mol. The summed E-state index contributed by atoms with van der Waals surface area (Å²) in [5.74, 6) is -1.49. The number of hydrogen-bond acceptors (Lipinski definition) is 2. The lowest BCUT2D eigenvalue weighted by molar-refractivity contribution is -0.275. The third-order valence-electron chi connectivity index (χ3n) is 1.52. The molecule has 0 saturated carbocycles. The van der Waals surface area contributed by atoms with Crippen molar-refractivity contribution in [2.45, 2.75) is 12.5 Å². The van der Waals surface area contributed by atoms with E-state index in [0.29, 0.717) is 0 Å². The van der Waals surface area contributed by atoms with Gasteiger partial charge in [-0.25, -0.2) is 0 Å². The predicted molar refractivity (Wildman–Crippen MR) is 52.4 cm³/mol. The third-order valence-corrected chi connectivity index (χ3v) is 2.02. The van der Waals surface area contributed by atoms with Crippen LogP contribution in [-0.4, -0.2) is 19.1 Å². The topological polar surface area (TPSA) is 18.5 Å². The molecule has 0 atom stereocenters. The second-order valence-corrected chi connectivity index (χ2v) is 3.96. The molecule has 0 bridgehead atoms. The zero-order chi connectivity index (χ0) is 14.0. The number of benzene rings is 1. The zero-order valence-corrected chi connectivity index (χ0v) is 9.99. The van der Waals surface area contributed by atoms with Gasteiger partial charge < -0.3 is 9.47 Å². The Morgan fingerprint density at radius 1 is 1.00 bits per heavy atom. The average molecular weight is 339 g/mol. The number of halogens is 7. The van der Waals surface area contributed by atoms with Gasteiger partial charge in [0, 0.05) is 4.47 Å². The van der Waals surface area contributed by atoms with Crippen LogP contribution in [0.4, 0.5) is 26.3 Å². The lowest BCUT2D eigenvalue weighted by atomic mass is 10.3. The molecular weight excluding hydrogens is 334 g/mol. The lowest BCUT2D eigenvalue weighted by Crippen LogP contribution is -2.21. The van der Waals surface area contributed by atoms with Crippen molar-refractivity contribution in [2.24, 2.45) is 0 Å². The van der Waals surface area contributed by atoms with E-state index in [1.807, 2.05) is 0 Å². The Morgan fingerprint density at radius 2 is 1.61 bits per heavy atom. The second kappa shape index (κ2) is 5.25. The van der Waals surface area contributed by atoms with E-state index in [2.05, 4.69) is 25.4 Å². The van der Waals surface area contributed by atoms with Crippen molar-refractivity contribution >= 4 is 15.9 Å². The standard InChI is InChI=1S/C9H5BrF6O2/c10-5-1-2-6(18-9(14,15)16)7(3-5)17-4-8(11,12)13/h1-3H,4H2. The van der Waals surface area contributed by atoms with Gasteiger partial charge in [-0.2, -0.15) is 13.2 Å². The number of ether oxygens (including phenoxy) is 2.